The number of rotatable bonds is 15. The summed E-state index contributed by atoms with van der Waals surface area (Å²) in [6.07, 6.45) is 20.2. The van der Waals surface area contributed by atoms with Crippen molar-refractivity contribution in [2.45, 2.75) is 116 Å². The van der Waals surface area contributed by atoms with Crippen LogP contribution in [-0.4, -0.2) is 11.4 Å². The largest absolute Gasteiger partial charge is 0.507 e. The van der Waals surface area contributed by atoms with Gasteiger partial charge in [-0.2, -0.15) is 0 Å². The molecule has 0 atom stereocenters. The van der Waals surface area contributed by atoms with Crippen LogP contribution in [0.2, 0.25) is 0 Å². The maximum atomic E-state index is 10.6. The lowest BCUT2D eigenvalue weighted by molar-refractivity contribution is 0.458. The summed E-state index contributed by atoms with van der Waals surface area (Å²) in [4.78, 5) is 1.36. The monoisotopic (exact) mass is 378 g/mol. The molecule has 0 aliphatic rings. The molecule has 0 saturated carbocycles. The quantitative estimate of drug-likeness (QED) is 0.245. The van der Waals surface area contributed by atoms with Gasteiger partial charge in [-0.25, -0.2) is 0 Å². The molecule has 0 aliphatic heterocycles. The minimum atomic E-state index is 0.551. The van der Waals surface area contributed by atoms with Crippen LogP contribution in [0, 0.1) is 6.92 Å². The van der Waals surface area contributed by atoms with Crippen molar-refractivity contribution in [3.63, 3.8) is 0 Å². The van der Waals surface area contributed by atoms with Crippen LogP contribution in [0.5, 0.6) is 5.75 Å². The zero-order chi connectivity index (χ0) is 19.2. The number of aromatic hydroxyl groups is 1. The van der Waals surface area contributed by atoms with E-state index in [-0.39, 0.29) is 0 Å². The summed E-state index contributed by atoms with van der Waals surface area (Å²) < 4.78 is 0. The van der Waals surface area contributed by atoms with E-state index < -0.39 is 0 Å². The second-order valence-electron chi connectivity index (χ2n) is 7.75. The Kier molecular flexibility index (Phi) is 13.0. The Morgan fingerprint density at radius 3 is 1.81 bits per heavy atom. The van der Waals surface area contributed by atoms with Gasteiger partial charge in [0.25, 0.3) is 0 Å². The lowest BCUT2D eigenvalue weighted by Gasteiger charge is -2.17. The van der Waals surface area contributed by atoms with Crippen molar-refractivity contribution in [1.82, 2.24) is 0 Å². The van der Waals surface area contributed by atoms with Gasteiger partial charge in [0.05, 0.1) is 0 Å². The van der Waals surface area contributed by atoms with Gasteiger partial charge in [0, 0.05) is 10.5 Å². The Morgan fingerprint density at radius 2 is 1.27 bits per heavy atom. The number of hydrogen-bond acceptors (Lipinski definition) is 2. The number of thioether (sulfide) groups is 1. The standard InChI is InChI=1S/C24H42OS/c1-5-7-9-11-13-15-17-21-19-20(3)23(25)22(24(21)26-4)18-16-14-12-10-8-6-2/h19,25H,5-18H2,1-4H3. The van der Waals surface area contributed by atoms with Gasteiger partial charge in [-0.05, 0) is 50.0 Å². The second kappa shape index (κ2) is 14.4. The lowest BCUT2D eigenvalue weighted by atomic mass is 9.96. The van der Waals surface area contributed by atoms with Crippen LogP contribution >= 0.6 is 11.8 Å². The fraction of sp³-hybridized carbons (Fsp3) is 0.750. The Morgan fingerprint density at radius 1 is 0.769 bits per heavy atom. The van der Waals surface area contributed by atoms with Crippen LogP contribution < -0.4 is 0 Å². The third-order valence-electron chi connectivity index (χ3n) is 5.40. The number of phenolic OH excluding ortho intramolecular Hbond substituents is 1. The SMILES string of the molecule is CCCCCCCCc1cc(C)c(O)c(CCCCCCCC)c1SC. The zero-order valence-corrected chi connectivity index (χ0v) is 18.6. The smallest absolute Gasteiger partial charge is 0.122 e. The summed E-state index contributed by atoms with van der Waals surface area (Å²) in [5.74, 6) is 0.551. The molecule has 0 heterocycles. The van der Waals surface area contributed by atoms with E-state index in [1.807, 2.05) is 11.8 Å². The molecule has 0 unspecified atom stereocenters. The lowest BCUT2D eigenvalue weighted by Crippen LogP contribution is -1.99. The molecule has 26 heavy (non-hydrogen) atoms. The van der Waals surface area contributed by atoms with Gasteiger partial charge in [0.2, 0.25) is 0 Å². The third kappa shape index (κ3) is 8.37. The summed E-state index contributed by atoms with van der Waals surface area (Å²) in [7, 11) is 0. The molecule has 2 heteroatoms. The van der Waals surface area contributed by atoms with Crippen LogP contribution in [-0.2, 0) is 12.8 Å². The minimum absolute atomic E-state index is 0.551. The topological polar surface area (TPSA) is 20.2 Å². The first-order valence-electron chi connectivity index (χ1n) is 11.0. The summed E-state index contributed by atoms with van der Waals surface area (Å²) in [5.41, 5.74) is 3.74. The van der Waals surface area contributed by atoms with E-state index in [9.17, 15) is 5.11 Å². The molecule has 150 valence electrons. The Balaban J connectivity index is 2.63. The molecule has 1 nitrogen and oxygen atoms in total. The van der Waals surface area contributed by atoms with Crippen molar-refractivity contribution in [2.75, 3.05) is 6.26 Å². The summed E-state index contributed by atoms with van der Waals surface area (Å²) >= 11 is 1.83. The highest BCUT2D eigenvalue weighted by Gasteiger charge is 2.15. The summed E-state index contributed by atoms with van der Waals surface area (Å²) in [6, 6.07) is 2.23. The molecule has 1 N–H and O–H groups in total. The van der Waals surface area contributed by atoms with Gasteiger partial charge in [0.15, 0.2) is 0 Å². The van der Waals surface area contributed by atoms with E-state index in [0.717, 1.165) is 18.4 Å². The average molecular weight is 379 g/mol. The van der Waals surface area contributed by atoms with Crippen molar-refractivity contribution < 1.29 is 5.11 Å². The van der Waals surface area contributed by atoms with E-state index in [2.05, 4.69) is 33.1 Å². The fourth-order valence-corrected chi connectivity index (χ4v) is 4.65. The molecule has 1 aromatic carbocycles. The van der Waals surface area contributed by atoms with Crippen molar-refractivity contribution >= 4 is 11.8 Å². The molecule has 0 bridgehead atoms. The molecule has 1 aromatic rings. The maximum Gasteiger partial charge on any atom is 0.122 e. The highest BCUT2D eigenvalue weighted by molar-refractivity contribution is 7.98. The van der Waals surface area contributed by atoms with Crippen LogP contribution in [0.1, 0.15) is 108 Å². The highest BCUT2D eigenvalue weighted by atomic mass is 32.2. The number of phenols is 1. The first kappa shape index (κ1) is 23.4. The Bertz CT molecular complexity index is 495. The van der Waals surface area contributed by atoms with Crippen LogP contribution in [0.15, 0.2) is 11.0 Å². The molecule has 1 rings (SSSR count). The van der Waals surface area contributed by atoms with Crippen LogP contribution in [0.4, 0.5) is 0 Å². The Labute approximate surface area is 167 Å². The van der Waals surface area contributed by atoms with E-state index in [1.165, 1.54) is 93.1 Å². The Hall–Kier alpha value is -0.630. The van der Waals surface area contributed by atoms with Gasteiger partial charge in [0.1, 0.15) is 5.75 Å². The van der Waals surface area contributed by atoms with Crippen molar-refractivity contribution in [3.05, 3.63) is 22.8 Å². The number of aryl methyl sites for hydroxylation is 2. The van der Waals surface area contributed by atoms with Crippen LogP contribution in [0.3, 0.4) is 0 Å². The molecular formula is C24H42OS. The van der Waals surface area contributed by atoms with E-state index in [4.69, 9.17) is 0 Å². The molecule has 0 amide bonds. The molecular weight excluding hydrogens is 336 g/mol. The van der Waals surface area contributed by atoms with Crippen molar-refractivity contribution in [3.8, 4) is 5.75 Å². The van der Waals surface area contributed by atoms with Crippen molar-refractivity contribution in [2.24, 2.45) is 0 Å². The van der Waals surface area contributed by atoms with Crippen LogP contribution in [0.25, 0.3) is 0 Å². The molecule has 0 spiro atoms. The third-order valence-corrected chi connectivity index (χ3v) is 6.32. The first-order valence-corrected chi connectivity index (χ1v) is 12.3. The first-order chi connectivity index (χ1) is 12.7. The summed E-state index contributed by atoms with van der Waals surface area (Å²) in [5, 5.41) is 10.6. The second-order valence-corrected chi connectivity index (χ2v) is 8.57. The average Bonchev–Trinajstić information content (AvgIpc) is 2.64. The van der Waals surface area contributed by atoms with Gasteiger partial charge < -0.3 is 5.11 Å². The number of benzene rings is 1. The van der Waals surface area contributed by atoms with Crippen molar-refractivity contribution in [1.29, 1.82) is 0 Å². The van der Waals surface area contributed by atoms with E-state index >= 15 is 0 Å². The predicted octanol–water partition coefficient (Wildman–Crippen LogP) is 8.23. The number of hydrogen-bond donors (Lipinski definition) is 1. The van der Waals surface area contributed by atoms with Gasteiger partial charge in [-0.15, -0.1) is 11.8 Å². The minimum Gasteiger partial charge on any atom is -0.507 e. The van der Waals surface area contributed by atoms with Gasteiger partial charge in [-0.1, -0.05) is 84.1 Å². The number of unbranched alkanes of at least 4 members (excludes halogenated alkanes) is 10. The normalized spacial score (nSPS) is 11.2. The fourth-order valence-electron chi connectivity index (χ4n) is 3.78. The molecule has 0 radical (unpaired) electrons. The van der Waals surface area contributed by atoms with Gasteiger partial charge >= 0.3 is 0 Å². The van der Waals surface area contributed by atoms with E-state index in [1.54, 1.807) is 0 Å². The molecule has 0 fully saturated rings. The predicted molar refractivity (Wildman–Crippen MR) is 119 cm³/mol. The summed E-state index contributed by atoms with van der Waals surface area (Å²) in [6.45, 7) is 6.60. The molecule has 0 aromatic heterocycles. The van der Waals surface area contributed by atoms with Gasteiger partial charge in [-0.3, -0.25) is 0 Å². The highest BCUT2D eigenvalue weighted by Crippen LogP contribution is 2.36. The maximum absolute atomic E-state index is 10.6. The molecule has 0 saturated heterocycles. The van der Waals surface area contributed by atoms with E-state index in [0.29, 0.717) is 5.75 Å². The molecule has 0 aliphatic carbocycles. The zero-order valence-electron chi connectivity index (χ0n) is 17.8.